The van der Waals surface area contributed by atoms with E-state index in [0.29, 0.717) is 0 Å². The first-order valence-electron chi connectivity index (χ1n) is 23.4. The number of hydrogen-bond donors (Lipinski definition) is 3. The Bertz CT molecular complexity index is 2210. The highest BCUT2D eigenvalue weighted by Gasteiger charge is 2.70. The van der Waals surface area contributed by atoms with Crippen LogP contribution in [0.3, 0.4) is 0 Å². The molecule has 0 spiro atoms. The number of aliphatic hydroxyl groups is 2. The number of hydrogen-bond acceptors (Lipinski definition) is 18. The maximum absolute atomic E-state index is 15.5. The number of Topliss-reactive ketones (excluding diaryl/α,β-unsaturated/α-hetero) is 1. The molecule has 4 rings (SSSR count). The molecule has 3 N–H and O–H groups in total. The average Bonchev–Trinajstić information content (AvgIpc) is 3.19. The first-order valence-corrected chi connectivity index (χ1v) is 23.4. The van der Waals surface area contributed by atoms with Crippen LogP contribution in [0.1, 0.15) is 140 Å². The van der Waals surface area contributed by atoms with Gasteiger partial charge in [-0.05, 0) is 112 Å². The van der Waals surface area contributed by atoms with E-state index in [1.54, 1.807) is 80.5 Å². The molecule has 8 atom stereocenters. The van der Waals surface area contributed by atoms with Crippen molar-refractivity contribution < 1.29 is 86.4 Å². The van der Waals surface area contributed by atoms with Crippen LogP contribution in [0.5, 0.6) is 0 Å². The molecule has 3 aliphatic rings. The minimum atomic E-state index is -2.48. The molecular weight excluding hydrogens is 915 g/mol. The van der Waals surface area contributed by atoms with Crippen molar-refractivity contribution in [3.63, 3.8) is 0 Å². The number of aliphatic hydroxyl groups excluding tert-OH is 1. The predicted molar refractivity (Wildman–Crippen MR) is 250 cm³/mol. The molecule has 1 aliphatic heterocycles. The molecule has 1 fully saturated rings. The zero-order valence-electron chi connectivity index (χ0n) is 43.4. The molecule has 0 aromatic heterocycles. The van der Waals surface area contributed by atoms with Crippen LogP contribution in [0.25, 0.3) is 0 Å². The Kier molecular flexibility index (Phi) is 17.5. The lowest BCUT2D eigenvalue weighted by Gasteiger charge is -2.60. The molecule has 2 bridgehead atoms. The van der Waals surface area contributed by atoms with Crippen molar-refractivity contribution in [2.75, 3.05) is 13.2 Å². The van der Waals surface area contributed by atoms with Crippen molar-refractivity contribution in [3.05, 3.63) is 58.4 Å². The fraction of sp³-hybridized carbons (Fsp3) is 0.667. The van der Waals surface area contributed by atoms with E-state index < -0.39 is 131 Å². The molecule has 1 aromatic rings. The fourth-order valence-corrected chi connectivity index (χ4v) is 9.14. The van der Waals surface area contributed by atoms with Crippen molar-refractivity contribution >= 4 is 42.1 Å². The number of ether oxygens (including phenoxy) is 9. The summed E-state index contributed by atoms with van der Waals surface area (Å²) in [6.45, 7) is 24.4. The second kappa shape index (κ2) is 21.4. The van der Waals surface area contributed by atoms with Crippen LogP contribution >= 0.6 is 0 Å². The number of ketones is 1. The highest BCUT2D eigenvalue weighted by Crippen LogP contribution is 2.58. The SMILES string of the molecule is CC(=O)O[C@@]1([C@@H]2/C(C)=C(/OC(=O)OC(C)(C)C)C(=O)C3=C(C)[C@@H](OC(=O)[C@H](O)[C@H](CC(C)C)NC(=O)OC(C)(C)C)C[C@@](O)([C@H]2OC(=O)c2ccccc2)C3(C)C)CO[C@@H]1CCOC(=O)OC(C)(C)C. The Labute approximate surface area is 410 Å². The molecule has 19 heteroatoms. The Balaban J connectivity index is 2.02. The average molecular weight is 988 g/mol. The Hall–Kier alpha value is -5.53. The first kappa shape index (κ1) is 57.1. The second-order valence-electron chi connectivity index (χ2n) is 22.1. The van der Waals surface area contributed by atoms with Gasteiger partial charge in [-0.15, -0.1) is 0 Å². The van der Waals surface area contributed by atoms with Gasteiger partial charge in [0.1, 0.15) is 40.7 Å². The Morgan fingerprint density at radius 3 is 1.93 bits per heavy atom. The van der Waals surface area contributed by atoms with E-state index in [-0.39, 0.29) is 47.6 Å². The third-order valence-electron chi connectivity index (χ3n) is 12.1. The zero-order valence-corrected chi connectivity index (χ0v) is 43.4. The van der Waals surface area contributed by atoms with Crippen molar-refractivity contribution in [3.8, 4) is 0 Å². The van der Waals surface area contributed by atoms with Gasteiger partial charge in [0.2, 0.25) is 5.78 Å². The zero-order chi connectivity index (χ0) is 53.1. The Morgan fingerprint density at radius 2 is 1.41 bits per heavy atom. The number of allylic oxidation sites excluding steroid dienone is 1. The number of nitrogens with one attached hydrogen (secondary N) is 1. The third-order valence-corrected chi connectivity index (χ3v) is 12.1. The minimum absolute atomic E-state index is 0.0314. The number of rotatable bonds is 14. The number of alkyl carbamates (subject to hydrolysis) is 1. The van der Waals surface area contributed by atoms with E-state index in [2.05, 4.69) is 5.32 Å². The fourth-order valence-electron chi connectivity index (χ4n) is 9.14. The lowest BCUT2D eigenvalue weighted by molar-refractivity contribution is -0.295. The summed E-state index contributed by atoms with van der Waals surface area (Å²) in [4.78, 5) is 96.9. The first-order chi connectivity index (χ1) is 32.0. The van der Waals surface area contributed by atoms with Gasteiger partial charge in [-0.3, -0.25) is 9.59 Å². The monoisotopic (exact) mass is 987 g/mol. The quantitative estimate of drug-likeness (QED) is 0.121. The summed E-state index contributed by atoms with van der Waals surface area (Å²) >= 11 is 0. The van der Waals surface area contributed by atoms with E-state index in [1.165, 1.54) is 39.8 Å². The topological polar surface area (TPSA) is 255 Å². The maximum Gasteiger partial charge on any atom is 0.514 e. The normalized spacial score (nSPS) is 26.5. The van der Waals surface area contributed by atoms with Crippen LogP contribution in [0.4, 0.5) is 14.4 Å². The lowest BCUT2D eigenvalue weighted by Crippen LogP contribution is -2.73. The molecule has 1 saturated heterocycles. The molecule has 2 aliphatic carbocycles. The van der Waals surface area contributed by atoms with Gasteiger partial charge in [-0.25, -0.2) is 24.0 Å². The van der Waals surface area contributed by atoms with Crippen molar-refractivity contribution in [2.45, 2.75) is 189 Å². The van der Waals surface area contributed by atoms with E-state index in [1.807, 2.05) is 13.8 Å². The molecule has 390 valence electrons. The summed E-state index contributed by atoms with van der Waals surface area (Å²) in [7, 11) is 0. The van der Waals surface area contributed by atoms with E-state index in [9.17, 15) is 39.0 Å². The van der Waals surface area contributed by atoms with E-state index in [4.69, 9.17) is 42.6 Å². The molecule has 1 amide bonds. The van der Waals surface area contributed by atoms with Gasteiger partial charge in [-0.2, -0.15) is 0 Å². The highest BCUT2D eigenvalue weighted by atomic mass is 16.7. The summed E-state index contributed by atoms with van der Waals surface area (Å²) in [5.74, 6) is -6.52. The number of benzene rings is 1. The van der Waals surface area contributed by atoms with Gasteiger partial charge in [0, 0.05) is 30.8 Å². The van der Waals surface area contributed by atoms with Gasteiger partial charge >= 0.3 is 36.3 Å². The Morgan fingerprint density at radius 1 is 0.843 bits per heavy atom. The van der Waals surface area contributed by atoms with Crippen LogP contribution in [-0.2, 0) is 57.0 Å². The summed E-state index contributed by atoms with van der Waals surface area (Å²) in [5.41, 5.74) is -9.46. The van der Waals surface area contributed by atoms with Gasteiger partial charge < -0.3 is 58.2 Å². The van der Waals surface area contributed by atoms with Crippen LogP contribution in [0, 0.1) is 17.3 Å². The molecule has 0 saturated carbocycles. The van der Waals surface area contributed by atoms with Gasteiger partial charge in [0.15, 0.2) is 17.5 Å². The highest BCUT2D eigenvalue weighted by molar-refractivity contribution is 6.10. The maximum atomic E-state index is 15.5. The molecule has 0 radical (unpaired) electrons. The number of carbonyl (C=O) groups excluding carboxylic acids is 7. The molecular formula is C51H73NO18. The van der Waals surface area contributed by atoms with Crippen molar-refractivity contribution in [1.29, 1.82) is 0 Å². The second-order valence-corrected chi connectivity index (χ2v) is 22.1. The van der Waals surface area contributed by atoms with Crippen LogP contribution in [-0.4, -0.2) is 124 Å². The predicted octanol–water partition coefficient (Wildman–Crippen LogP) is 7.37. The largest absolute Gasteiger partial charge is 0.514 e. The van der Waals surface area contributed by atoms with Crippen LogP contribution in [0.2, 0.25) is 0 Å². The van der Waals surface area contributed by atoms with E-state index >= 15 is 4.79 Å². The molecule has 19 nitrogen and oxygen atoms in total. The standard InChI is InChI=1S/C51H73NO18/c1-27(2)24-32(52-43(58)68-46(6,7)8)37(54)42(57)64-33-25-51(61)40(66-41(56)31-20-18-17-19-21-31)36(50(67-30(5)53)26-63-34(50)22-23-62-44(59)69-47(9,10)11)29(4)39(65-45(60)70-48(12,13)14)38(55)35(28(33)3)49(51,15)16/h17-21,27,32-34,36-37,40,54,61H,22-26H2,1-16H3,(H,52,58)/b39-29+/t32-,33-,34+,36+,37+,40-,50-,51+/m0/s1. The number of esters is 3. The molecule has 0 unspecified atom stereocenters. The smallest absolute Gasteiger partial charge is 0.456 e. The minimum Gasteiger partial charge on any atom is -0.456 e. The number of amides is 1. The summed E-state index contributed by atoms with van der Waals surface area (Å²) in [5, 5.41) is 27.9. The molecule has 1 aromatic carbocycles. The van der Waals surface area contributed by atoms with Gasteiger partial charge in [0.25, 0.3) is 0 Å². The van der Waals surface area contributed by atoms with Crippen LogP contribution in [0.15, 0.2) is 52.8 Å². The van der Waals surface area contributed by atoms with Gasteiger partial charge in [-0.1, -0.05) is 45.9 Å². The number of carbonyl (C=O) groups is 7. The molecule has 70 heavy (non-hydrogen) atoms. The van der Waals surface area contributed by atoms with Crippen molar-refractivity contribution in [2.24, 2.45) is 17.3 Å². The third kappa shape index (κ3) is 13.5. The number of fused-ring (bicyclic) bond motifs is 2. The van der Waals surface area contributed by atoms with Crippen molar-refractivity contribution in [1.82, 2.24) is 5.32 Å². The lowest BCUT2D eigenvalue weighted by atomic mass is 9.53. The van der Waals surface area contributed by atoms with Crippen LogP contribution < -0.4 is 5.32 Å². The summed E-state index contributed by atoms with van der Waals surface area (Å²) < 4.78 is 52.2. The molecule has 1 heterocycles. The summed E-state index contributed by atoms with van der Waals surface area (Å²) in [6.07, 6.45) is -10.6. The van der Waals surface area contributed by atoms with E-state index in [0.717, 1.165) is 6.92 Å². The summed E-state index contributed by atoms with van der Waals surface area (Å²) in [6, 6.07) is 6.53. The van der Waals surface area contributed by atoms with Gasteiger partial charge in [0.05, 0.1) is 30.7 Å².